The van der Waals surface area contributed by atoms with Crippen molar-refractivity contribution >= 4 is 11.7 Å². The average Bonchev–Trinajstić information content (AvgIpc) is 2.75. The van der Waals surface area contributed by atoms with Crippen molar-refractivity contribution in [1.82, 2.24) is 10.3 Å². The van der Waals surface area contributed by atoms with Crippen molar-refractivity contribution < 1.29 is 9.53 Å². The molecule has 1 aliphatic rings. The van der Waals surface area contributed by atoms with Crippen LogP contribution in [0.3, 0.4) is 0 Å². The average molecular weight is 263 g/mol. The molecule has 5 nitrogen and oxygen atoms in total. The number of aromatic nitrogens is 1. The maximum absolute atomic E-state index is 12.3. The fourth-order valence-electron chi connectivity index (χ4n) is 2.24. The van der Waals surface area contributed by atoms with E-state index < -0.39 is 0 Å². The molecular weight excluding hydrogens is 242 g/mol. The van der Waals surface area contributed by atoms with Gasteiger partial charge in [0.05, 0.1) is 12.1 Å². The lowest BCUT2D eigenvalue weighted by molar-refractivity contribution is 0.0889. The van der Waals surface area contributed by atoms with Gasteiger partial charge in [-0.2, -0.15) is 0 Å². The van der Waals surface area contributed by atoms with Crippen molar-refractivity contribution in [2.24, 2.45) is 0 Å². The Balaban J connectivity index is 2.14. The summed E-state index contributed by atoms with van der Waals surface area (Å²) in [5.41, 5.74) is 6.91. The summed E-state index contributed by atoms with van der Waals surface area (Å²) in [4.78, 5) is 16.5. The van der Waals surface area contributed by atoms with Crippen LogP contribution in [0.2, 0.25) is 0 Å². The molecule has 5 heteroatoms. The Hall–Kier alpha value is -1.62. The van der Waals surface area contributed by atoms with Crippen LogP contribution in [0.4, 0.5) is 5.82 Å². The molecule has 2 heterocycles. The zero-order valence-corrected chi connectivity index (χ0v) is 11.5. The minimum absolute atomic E-state index is 0.112. The van der Waals surface area contributed by atoms with E-state index in [9.17, 15) is 4.79 Å². The van der Waals surface area contributed by atoms with Crippen LogP contribution >= 0.6 is 0 Å². The third-order valence-electron chi connectivity index (χ3n) is 3.30. The van der Waals surface area contributed by atoms with Gasteiger partial charge in [0.15, 0.2) is 0 Å². The van der Waals surface area contributed by atoms with Crippen molar-refractivity contribution in [1.29, 1.82) is 0 Å². The van der Waals surface area contributed by atoms with E-state index in [0.29, 0.717) is 24.6 Å². The normalized spacial score (nSPS) is 22.4. The number of nitrogens with zero attached hydrogens (tertiary/aromatic N) is 1. The molecule has 1 saturated heterocycles. The van der Waals surface area contributed by atoms with E-state index in [2.05, 4.69) is 17.2 Å². The molecule has 1 aromatic rings. The maximum Gasteiger partial charge on any atom is 0.251 e. The van der Waals surface area contributed by atoms with Crippen molar-refractivity contribution in [3.63, 3.8) is 0 Å². The Morgan fingerprint density at radius 3 is 3.00 bits per heavy atom. The number of carbonyl (C=O) groups excluding carboxylic acids is 1. The first-order chi connectivity index (χ1) is 9.02. The van der Waals surface area contributed by atoms with E-state index in [0.717, 1.165) is 25.0 Å². The lowest BCUT2D eigenvalue weighted by atomic mass is 10.0. The number of ether oxygens (including phenoxy) is 1. The molecule has 0 bridgehead atoms. The van der Waals surface area contributed by atoms with Crippen LogP contribution < -0.4 is 11.1 Å². The Kier molecular flexibility index (Phi) is 4.04. The summed E-state index contributed by atoms with van der Waals surface area (Å²) < 4.78 is 5.33. The minimum Gasteiger partial charge on any atom is -0.384 e. The smallest absolute Gasteiger partial charge is 0.251 e. The Bertz CT molecular complexity index is 468. The first kappa shape index (κ1) is 13.8. The second-order valence-electron chi connectivity index (χ2n) is 5.34. The van der Waals surface area contributed by atoms with E-state index >= 15 is 0 Å². The van der Waals surface area contributed by atoms with Gasteiger partial charge in [-0.25, -0.2) is 4.98 Å². The van der Waals surface area contributed by atoms with Crippen LogP contribution in [0, 0.1) is 0 Å². The van der Waals surface area contributed by atoms with Crippen LogP contribution in [0.25, 0.3) is 0 Å². The number of amides is 1. The van der Waals surface area contributed by atoms with Gasteiger partial charge in [-0.1, -0.05) is 13.3 Å². The highest BCUT2D eigenvalue weighted by Gasteiger charge is 2.31. The molecule has 19 heavy (non-hydrogen) atoms. The molecule has 0 spiro atoms. The third kappa shape index (κ3) is 3.44. The number of aryl methyl sites for hydroxylation is 1. The number of nitrogens with two attached hydrogens (primary N) is 1. The molecule has 1 aromatic heterocycles. The third-order valence-corrected chi connectivity index (χ3v) is 3.30. The number of hydrogen-bond acceptors (Lipinski definition) is 4. The number of nitrogens with one attached hydrogen (secondary N) is 1. The zero-order chi connectivity index (χ0) is 13.9. The van der Waals surface area contributed by atoms with Crippen molar-refractivity contribution in [3.8, 4) is 0 Å². The molecule has 0 saturated carbocycles. The summed E-state index contributed by atoms with van der Waals surface area (Å²) in [6.07, 6.45) is 2.63. The molecular formula is C14H21N3O2. The Labute approximate surface area is 113 Å². The first-order valence-corrected chi connectivity index (χ1v) is 6.69. The summed E-state index contributed by atoms with van der Waals surface area (Å²) in [6.45, 7) is 5.31. The Morgan fingerprint density at radius 2 is 2.37 bits per heavy atom. The lowest BCUT2D eigenvalue weighted by Crippen LogP contribution is -2.46. The number of carbonyl (C=O) groups is 1. The van der Waals surface area contributed by atoms with Gasteiger partial charge in [0.1, 0.15) is 5.82 Å². The van der Waals surface area contributed by atoms with Crippen LogP contribution in [0.5, 0.6) is 0 Å². The number of hydrogen-bond donors (Lipinski definition) is 2. The topological polar surface area (TPSA) is 77.2 Å². The van der Waals surface area contributed by atoms with Crippen molar-refractivity contribution in [2.45, 2.75) is 38.6 Å². The largest absolute Gasteiger partial charge is 0.384 e. The van der Waals surface area contributed by atoms with Crippen LogP contribution in [0.1, 0.15) is 42.7 Å². The molecule has 104 valence electrons. The van der Waals surface area contributed by atoms with Gasteiger partial charge in [0, 0.05) is 17.9 Å². The fourth-order valence-corrected chi connectivity index (χ4v) is 2.24. The molecule has 1 aliphatic heterocycles. The van der Waals surface area contributed by atoms with Crippen LogP contribution in [-0.2, 0) is 11.2 Å². The van der Waals surface area contributed by atoms with E-state index in [1.54, 1.807) is 6.07 Å². The maximum atomic E-state index is 12.3. The van der Waals surface area contributed by atoms with E-state index in [1.165, 1.54) is 0 Å². The summed E-state index contributed by atoms with van der Waals surface area (Å²) in [7, 11) is 0. The van der Waals surface area contributed by atoms with E-state index in [-0.39, 0.29) is 11.4 Å². The molecule has 1 unspecified atom stereocenters. The van der Waals surface area contributed by atoms with Crippen LogP contribution in [-0.4, -0.2) is 29.6 Å². The number of rotatable bonds is 4. The van der Waals surface area contributed by atoms with Gasteiger partial charge in [0.2, 0.25) is 0 Å². The molecule has 1 fully saturated rings. The summed E-state index contributed by atoms with van der Waals surface area (Å²) in [5.74, 6) is 0.281. The standard InChI is InChI=1S/C14H21N3O2/c1-3-4-11-7-10(8-12(15)16-11)13(18)17-14(2)5-6-19-9-14/h7-8H,3-6,9H2,1-2H3,(H2,15,16)(H,17,18). The zero-order valence-electron chi connectivity index (χ0n) is 11.5. The van der Waals surface area contributed by atoms with E-state index in [1.807, 2.05) is 13.0 Å². The quantitative estimate of drug-likeness (QED) is 0.863. The van der Waals surface area contributed by atoms with Gasteiger partial charge in [-0.3, -0.25) is 4.79 Å². The fraction of sp³-hybridized carbons (Fsp3) is 0.571. The van der Waals surface area contributed by atoms with Crippen molar-refractivity contribution in [2.75, 3.05) is 18.9 Å². The molecule has 0 radical (unpaired) electrons. The molecule has 3 N–H and O–H groups in total. The first-order valence-electron chi connectivity index (χ1n) is 6.69. The van der Waals surface area contributed by atoms with Crippen molar-refractivity contribution in [3.05, 3.63) is 23.4 Å². The summed E-state index contributed by atoms with van der Waals surface area (Å²) in [6, 6.07) is 3.43. The summed E-state index contributed by atoms with van der Waals surface area (Å²) >= 11 is 0. The van der Waals surface area contributed by atoms with Crippen LogP contribution in [0.15, 0.2) is 12.1 Å². The van der Waals surface area contributed by atoms with Gasteiger partial charge in [-0.05, 0) is 31.9 Å². The highest BCUT2D eigenvalue weighted by atomic mass is 16.5. The highest BCUT2D eigenvalue weighted by molar-refractivity contribution is 5.95. The molecule has 0 aliphatic carbocycles. The number of nitrogen functional groups attached to an aromatic ring is 1. The monoisotopic (exact) mass is 263 g/mol. The minimum atomic E-state index is -0.278. The second-order valence-corrected chi connectivity index (χ2v) is 5.34. The van der Waals surface area contributed by atoms with E-state index in [4.69, 9.17) is 10.5 Å². The van der Waals surface area contributed by atoms with Gasteiger partial charge >= 0.3 is 0 Å². The predicted molar refractivity (Wildman–Crippen MR) is 74.0 cm³/mol. The molecule has 1 amide bonds. The Morgan fingerprint density at radius 1 is 1.58 bits per heavy atom. The highest BCUT2D eigenvalue weighted by Crippen LogP contribution is 2.19. The van der Waals surface area contributed by atoms with Gasteiger partial charge in [0.25, 0.3) is 5.91 Å². The molecule has 1 atom stereocenters. The predicted octanol–water partition coefficient (Wildman–Crippen LogP) is 1.53. The molecule has 0 aromatic carbocycles. The second kappa shape index (κ2) is 5.57. The molecule has 2 rings (SSSR count). The summed E-state index contributed by atoms with van der Waals surface area (Å²) in [5, 5.41) is 3.02. The number of anilines is 1. The number of pyridine rings is 1. The lowest BCUT2D eigenvalue weighted by Gasteiger charge is -2.23. The van der Waals surface area contributed by atoms with Gasteiger partial charge < -0.3 is 15.8 Å². The SMILES string of the molecule is CCCc1cc(C(=O)NC2(C)CCOC2)cc(N)n1. The van der Waals surface area contributed by atoms with Gasteiger partial charge in [-0.15, -0.1) is 0 Å².